The first-order chi connectivity index (χ1) is 29.6. The van der Waals surface area contributed by atoms with Crippen molar-refractivity contribution < 1.29 is 0 Å². The zero-order chi connectivity index (χ0) is 41.4. The summed E-state index contributed by atoms with van der Waals surface area (Å²) in [6.45, 7) is 14.2. The van der Waals surface area contributed by atoms with E-state index in [4.69, 9.17) is 4.99 Å². The van der Waals surface area contributed by atoms with E-state index in [1.165, 1.54) is 115 Å². The summed E-state index contributed by atoms with van der Waals surface area (Å²) in [5.74, 6) is 0.0957. The number of benzene rings is 10. The van der Waals surface area contributed by atoms with Gasteiger partial charge in [0.25, 0.3) is 0 Å². The molecular formula is C60H47N. The van der Waals surface area contributed by atoms with Crippen LogP contribution in [0.25, 0.3) is 76.5 Å². The van der Waals surface area contributed by atoms with Crippen molar-refractivity contribution in [3.63, 3.8) is 0 Å². The van der Waals surface area contributed by atoms with Crippen LogP contribution in [-0.4, -0.2) is 5.71 Å². The van der Waals surface area contributed by atoms with E-state index in [1.807, 2.05) is 0 Å². The molecule has 2 aliphatic carbocycles. The van der Waals surface area contributed by atoms with Crippen LogP contribution in [0.15, 0.2) is 175 Å². The summed E-state index contributed by atoms with van der Waals surface area (Å²) in [6.07, 6.45) is 0. The molecule has 0 aliphatic heterocycles. The van der Waals surface area contributed by atoms with Crippen molar-refractivity contribution in [3.05, 3.63) is 209 Å². The highest BCUT2D eigenvalue weighted by Gasteiger charge is 2.42. The number of aliphatic imine (C=N–C) groups is 1. The molecule has 1 unspecified atom stereocenters. The first kappa shape index (κ1) is 36.1. The molecule has 0 aromatic heterocycles. The van der Waals surface area contributed by atoms with Gasteiger partial charge in [0, 0.05) is 22.3 Å². The van der Waals surface area contributed by atoms with E-state index in [0.717, 1.165) is 11.4 Å². The van der Waals surface area contributed by atoms with Crippen molar-refractivity contribution in [2.75, 3.05) is 0 Å². The summed E-state index contributed by atoms with van der Waals surface area (Å²) in [5.41, 5.74) is 19.1. The molecule has 0 saturated heterocycles. The van der Waals surface area contributed by atoms with Gasteiger partial charge in [-0.1, -0.05) is 174 Å². The number of nitrogens with zero attached hydrogens (tertiary/aromatic N) is 1. The Morgan fingerprint density at radius 2 is 1.10 bits per heavy atom. The molecule has 0 bridgehead atoms. The van der Waals surface area contributed by atoms with Gasteiger partial charge >= 0.3 is 0 Å². The van der Waals surface area contributed by atoms with E-state index in [0.29, 0.717) is 0 Å². The normalized spacial score (nSPS) is 15.3. The van der Waals surface area contributed by atoms with E-state index in [9.17, 15) is 0 Å². The molecule has 0 heterocycles. The Hall–Kier alpha value is -6.83. The van der Waals surface area contributed by atoms with Crippen LogP contribution < -0.4 is 0 Å². The van der Waals surface area contributed by atoms with Crippen LogP contribution in [0.1, 0.15) is 79.5 Å². The minimum atomic E-state index is -0.180. The molecule has 1 nitrogen and oxygen atoms in total. The molecule has 61 heavy (non-hydrogen) atoms. The Kier molecular flexibility index (Phi) is 7.59. The smallest absolute Gasteiger partial charge is 0.0662 e. The Morgan fingerprint density at radius 3 is 1.90 bits per heavy atom. The monoisotopic (exact) mass is 781 g/mol. The van der Waals surface area contributed by atoms with Crippen LogP contribution in [0.4, 0.5) is 5.69 Å². The number of hydrogen-bond donors (Lipinski definition) is 0. The van der Waals surface area contributed by atoms with Gasteiger partial charge in [0.15, 0.2) is 0 Å². The number of aryl methyl sites for hydroxylation is 1. The van der Waals surface area contributed by atoms with Crippen molar-refractivity contribution in [1.29, 1.82) is 0 Å². The fourth-order valence-electron chi connectivity index (χ4n) is 11.3. The third kappa shape index (κ3) is 5.10. The Labute approximate surface area is 358 Å². The molecule has 12 rings (SSSR count). The van der Waals surface area contributed by atoms with Crippen LogP contribution in [0.3, 0.4) is 0 Å². The molecule has 1 heteroatoms. The number of hydrogen-bond acceptors (Lipinski definition) is 1. The summed E-state index contributed by atoms with van der Waals surface area (Å²) in [4.78, 5) is 5.45. The maximum absolute atomic E-state index is 5.45. The summed E-state index contributed by atoms with van der Waals surface area (Å²) in [7, 11) is 0. The highest BCUT2D eigenvalue weighted by atomic mass is 14.8. The van der Waals surface area contributed by atoms with Crippen LogP contribution in [0, 0.1) is 6.92 Å². The second kappa shape index (κ2) is 12.8. The Balaban J connectivity index is 0.998. The Morgan fingerprint density at radius 1 is 0.459 bits per heavy atom. The number of para-hydroxylation sites is 1. The zero-order valence-electron chi connectivity index (χ0n) is 35.7. The third-order valence-corrected chi connectivity index (χ3v) is 14.7. The second-order valence-corrected chi connectivity index (χ2v) is 18.7. The Bertz CT molecular complexity index is 3470. The fraction of sp³-hybridized carbons (Fsp3) is 0.150. The van der Waals surface area contributed by atoms with Crippen molar-refractivity contribution >= 4 is 54.5 Å². The van der Waals surface area contributed by atoms with Gasteiger partial charge in [-0.3, -0.25) is 4.99 Å². The van der Waals surface area contributed by atoms with Crippen LogP contribution >= 0.6 is 0 Å². The van der Waals surface area contributed by atoms with Crippen LogP contribution in [0.5, 0.6) is 0 Å². The van der Waals surface area contributed by atoms with Crippen LogP contribution in [-0.2, 0) is 10.8 Å². The minimum absolute atomic E-state index is 0.0957. The van der Waals surface area contributed by atoms with Gasteiger partial charge in [0.1, 0.15) is 0 Å². The standard InChI is InChI=1S/C60H47N/c1-35-15-10-13-22-54(35)61-58(36(2)37-16-8-7-9-17-37)46-30-29-42(43-20-11-12-21-44(43)46)40-26-27-45-48-33-52-49(34-51(48)59(3,4)50(45)31-40)57-47-28-25-39-19-14-18-38-23-24-41(56(47)55(38)39)32-53(57)60(52,5)6/h7-34,36H,1-6H3. The third-order valence-electron chi connectivity index (χ3n) is 14.7. The van der Waals surface area contributed by atoms with E-state index >= 15 is 0 Å². The minimum Gasteiger partial charge on any atom is -0.252 e. The molecule has 0 amide bonds. The lowest BCUT2D eigenvalue weighted by molar-refractivity contribution is 0.652. The maximum atomic E-state index is 5.45. The molecule has 1 atom stereocenters. The molecule has 0 saturated carbocycles. The molecule has 0 spiro atoms. The molecular weight excluding hydrogens is 735 g/mol. The predicted octanol–water partition coefficient (Wildman–Crippen LogP) is 16.2. The van der Waals surface area contributed by atoms with Crippen molar-refractivity contribution in [2.45, 2.75) is 58.3 Å². The van der Waals surface area contributed by atoms with E-state index in [2.05, 4.69) is 211 Å². The molecule has 292 valence electrons. The molecule has 10 aromatic carbocycles. The van der Waals surface area contributed by atoms with Crippen molar-refractivity contribution in [3.8, 4) is 33.4 Å². The van der Waals surface area contributed by atoms with Crippen LogP contribution in [0.2, 0.25) is 0 Å². The highest BCUT2D eigenvalue weighted by molar-refractivity contribution is 6.26. The zero-order valence-corrected chi connectivity index (χ0v) is 35.7. The average Bonchev–Trinajstić information content (AvgIpc) is 3.65. The van der Waals surface area contributed by atoms with E-state index < -0.39 is 0 Å². The van der Waals surface area contributed by atoms with Crippen molar-refractivity contribution in [2.24, 2.45) is 4.99 Å². The molecule has 2 aliphatic rings. The summed E-state index contributed by atoms with van der Waals surface area (Å²) < 4.78 is 0. The first-order valence-corrected chi connectivity index (χ1v) is 21.9. The van der Waals surface area contributed by atoms with Crippen molar-refractivity contribution in [1.82, 2.24) is 0 Å². The van der Waals surface area contributed by atoms with Gasteiger partial charge in [-0.25, -0.2) is 0 Å². The first-order valence-electron chi connectivity index (χ1n) is 21.9. The highest BCUT2D eigenvalue weighted by Crippen LogP contribution is 2.58. The molecule has 0 fully saturated rings. The predicted molar refractivity (Wildman–Crippen MR) is 260 cm³/mol. The number of fused-ring (bicyclic) bond motifs is 8. The maximum Gasteiger partial charge on any atom is 0.0662 e. The van der Waals surface area contributed by atoms with E-state index in [-0.39, 0.29) is 16.7 Å². The average molecular weight is 782 g/mol. The molecule has 0 radical (unpaired) electrons. The van der Waals surface area contributed by atoms with Gasteiger partial charge in [-0.2, -0.15) is 0 Å². The van der Waals surface area contributed by atoms with Gasteiger partial charge in [-0.05, 0) is 147 Å². The van der Waals surface area contributed by atoms with Gasteiger partial charge in [-0.15, -0.1) is 0 Å². The number of rotatable bonds is 5. The topological polar surface area (TPSA) is 12.4 Å². The molecule has 10 aromatic rings. The fourth-order valence-corrected chi connectivity index (χ4v) is 11.3. The van der Waals surface area contributed by atoms with Gasteiger partial charge in [0.05, 0.1) is 11.4 Å². The SMILES string of the molecule is Cc1ccccc1N=C(c1ccc(-c2ccc3c(c2)C(C)(C)c2cc4c(cc2-3)C(C)(C)c2cc3ccc5cccc6ccc(c2-4)c3c56)c2ccccc12)C(C)c1ccccc1. The lowest BCUT2D eigenvalue weighted by atomic mass is 9.79. The van der Waals surface area contributed by atoms with Gasteiger partial charge < -0.3 is 0 Å². The lowest BCUT2D eigenvalue weighted by Crippen LogP contribution is -2.17. The largest absolute Gasteiger partial charge is 0.252 e. The summed E-state index contributed by atoms with van der Waals surface area (Å²) >= 11 is 0. The van der Waals surface area contributed by atoms with E-state index in [1.54, 1.807) is 0 Å². The quantitative estimate of drug-likeness (QED) is 0.122. The molecule has 0 N–H and O–H groups in total. The lowest BCUT2D eigenvalue weighted by Gasteiger charge is -2.24. The summed E-state index contributed by atoms with van der Waals surface area (Å²) in [6, 6.07) is 63.8. The van der Waals surface area contributed by atoms with Gasteiger partial charge in [0.2, 0.25) is 0 Å². The second-order valence-electron chi connectivity index (χ2n) is 18.7. The summed E-state index contributed by atoms with van der Waals surface area (Å²) in [5, 5.41) is 10.6.